The van der Waals surface area contributed by atoms with Crippen LogP contribution in [0.4, 0.5) is 0 Å². The summed E-state index contributed by atoms with van der Waals surface area (Å²) in [5, 5.41) is 4.89. The van der Waals surface area contributed by atoms with Crippen LogP contribution in [0, 0.1) is 12.3 Å². The van der Waals surface area contributed by atoms with Crippen LogP contribution >= 0.6 is 23.5 Å². The van der Waals surface area contributed by atoms with Gasteiger partial charge in [-0.25, -0.2) is 0 Å². The van der Waals surface area contributed by atoms with Crippen LogP contribution in [0.2, 0.25) is 0 Å². The van der Waals surface area contributed by atoms with Gasteiger partial charge in [0.25, 0.3) is 0 Å². The van der Waals surface area contributed by atoms with E-state index in [1.54, 1.807) is 0 Å². The summed E-state index contributed by atoms with van der Waals surface area (Å²) >= 11 is 4.19. The average Bonchev–Trinajstić information content (AvgIpc) is 2.21. The fourth-order valence-corrected chi connectivity index (χ4v) is 4.84. The fraction of sp³-hybridized carbons (Fsp3) is 0.818. The van der Waals surface area contributed by atoms with Gasteiger partial charge in [0.15, 0.2) is 0 Å². The Labute approximate surface area is 96.2 Å². The molecule has 0 spiro atoms. The third kappa shape index (κ3) is 3.42. The van der Waals surface area contributed by atoms with Crippen LogP contribution in [0.25, 0.3) is 0 Å². The normalized spacial score (nSPS) is 29.5. The number of nitrogens with one attached hydrogen (secondary N) is 1. The predicted octanol–water partition coefficient (Wildman–Crippen LogP) is 2.22. The first-order valence-corrected chi connectivity index (χ1v) is 7.23. The topological polar surface area (TPSA) is 12.0 Å². The largest absolute Gasteiger partial charge is 0.316 e. The third-order valence-corrected chi connectivity index (χ3v) is 5.86. The maximum Gasteiger partial charge on any atom is 0.0317 e. The molecule has 1 N–H and O–H groups in total. The van der Waals surface area contributed by atoms with Gasteiger partial charge in [-0.05, 0) is 13.5 Å². The lowest BCUT2D eigenvalue weighted by atomic mass is 10.1. The van der Waals surface area contributed by atoms with E-state index in [2.05, 4.69) is 41.7 Å². The summed E-state index contributed by atoms with van der Waals surface area (Å²) in [4.78, 5) is 0. The van der Waals surface area contributed by atoms with Gasteiger partial charge >= 0.3 is 0 Å². The van der Waals surface area contributed by atoms with Crippen molar-refractivity contribution in [2.45, 2.75) is 36.3 Å². The van der Waals surface area contributed by atoms with Gasteiger partial charge in [-0.15, -0.1) is 12.3 Å². The molecule has 14 heavy (non-hydrogen) atoms. The molecule has 3 unspecified atom stereocenters. The molecule has 1 rings (SSSR count). The number of terminal acetylenes is 1. The molecule has 3 heteroatoms. The van der Waals surface area contributed by atoms with E-state index in [4.69, 9.17) is 6.42 Å². The van der Waals surface area contributed by atoms with Gasteiger partial charge in [0.05, 0.1) is 0 Å². The highest BCUT2D eigenvalue weighted by Crippen LogP contribution is 2.33. The molecule has 1 nitrogen and oxygen atoms in total. The minimum Gasteiger partial charge on any atom is -0.316 e. The second-order valence-electron chi connectivity index (χ2n) is 3.55. The van der Waals surface area contributed by atoms with Crippen molar-refractivity contribution >= 4 is 23.5 Å². The highest BCUT2D eigenvalue weighted by Gasteiger charge is 2.28. The van der Waals surface area contributed by atoms with Crippen molar-refractivity contribution in [3.63, 3.8) is 0 Å². The van der Waals surface area contributed by atoms with Crippen molar-refractivity contribution in [3.05, 3.63) is 0 Å². The van der Waals surface area contributed by atoms with E-state index >= 15 is 0 Å². The van der Waals surface area contributed by atoms with Crippen molar-refractivity contribution in [2.24, 2.45) is 0 Å². The number of thioether (sulfide) groups is 2. The van der Waals surface area contributed by atoms with E-state index in [0.717, 1.165) is 23.3 Å². The van der Waals surface area contributed by atoms with Gasteiger partial charge in [0.1, 0.15) is 0 Å². The van der Waals surface area contributed by atoms with E-state index in [1.807, 2.05) is 7.05 Å². The van der Waals surface area contributed by atoms with Gasteiger partial charge in [0.2, 0.25) is 0 Å². The minimum atomic E-state index is 0.582. The lowest BCUT2D eigenvalue weighted by Gasteiger charge is -2.34. The number of hydrogen-bond donors (Lipinski definition) is 1. The van der Waals surface area contributed by atoms with Crippen LogP contribution < -0.4 is 5.32 Å². The van der Waals surface area contributed by atoms with Crippen LogP contribution in [0.1, 0.15) is 19.8 Å². The minimum absolute atomic E-state index is 0.582. The molecular formula is C11H19NS2. The zero-order chi connectivity index (χ0) is 10.4. The first-order chi connectivity index (χ1) is 6.79. The highest BCUT2D eigenvalue weighted by atomic mass is 32.2. The van der Waals surface area contributed by atoms with Gasteiger partial charge < -0.3 is 5.32 Å². The summed E-state index contributed by atoms with van der Waals surface area (Å²) in [5.74, 6) is 5.32. The molecule has 0 aromatic heterocycles. The molecule has 1 saturated heterocycles. The number of hydrogen-bond acceptors (Lipinski definition) is 3. The van der Waals surface area contributed by atoms with Crippen LogP contribution in [0.3, 0.4) is 0 Å². The summed E-state index contributed by atoms with van der Waals surface area (Å²) in [6, 6.07) is 0.582. The molecule has 0 aromatic carbocycles. The molecule has 1 aliphatic rings. The van der Waals surface area contributed by atoms with E-state index in [0.29, 0.717) is 6.04 Å². The molecule has 0 bridgehead atoms. The van der Waals surface area contributed by atoms with Crippen molar-refractivity contribution < 1.29 is 0 Å². The molecule has 0 radical (unpaired) electrons. The Kier molecular flexibility index (Phi) is 5.84. The van der Waals surface area contributed by atoms with Crippen LogP contribution in [0.5, 0.6) is 0 Å². The van der Waals surface area contributed by atoms with Crippen LogP contribution in [-0.4, -0.2) is 35.1 Å². The van der Waals surface area contributed by atoms with Gasteiger partial charge in [-0.1, -0.05) is 6.92 Å². The monoisotopic (exact) mass is 229 g/mol. The van der Waals surface area contributed by atoms with Gasteiger partial charge in [0, 0.05) is 34.5 Å². The van der Waals surface area contributed by atoms with Gasteiger partial charge in [-0.3, -0.25) is 0 Å². The Morgan fingerprint density at radius 3 is 2.79 bits per heavy atom. The highest BCUT2D eigenvalue weighted by molar-refractivity contribution is 8.07. The molecule has 80 valence electrons. The maximum absolute atomic E-state index is 5.31. The molecule has 0 amide bonds. The summed E-state index contributed by atoms with van der Waals surface area (Å²) in [5.41, 5.74) is 0. The Hall–Kier alpha value is 0.220. The van der Waals surface area contributed by atoms with E-state index in [9.17, 15) is 0 Å². The van der Waals surface area contributed by atoms with E-state index in [1.165, 1.54) is 11.5 Å². The zero-order valence-corrected chi connectivity index (χ0v) is 10.6. The Bertz CT molecular complexity index is 200. The van der Waals surface area contributed by atoms with Crippen molar-refractivity contribution in [1.82, 2.24) is 5.32 Å². The standard InChI is InChI=1S/C11H19NS2/c1-4-5-6-10(12-3)11-9(2)13-7-8-14-11/h1,9-12H,5-8H2,2-3H3. The quantitative estimate of drug-likeness (QED) is 0.743. The van der Waals surface area contributed by atoms with Crippen molar-refractivity contribution in [2.75, 3.05) is 18.6 Å². The lowest BCUT2D eigenvalue weighted by molar-refractivity contribution is 0.506. The lowest BCUT2D eigenvalue weighted by Crippen LogP contribution is -2.42. The van der Waals surface area contributed by atoms with Crippen LogP contribution in [0.15, 0.2) is 0 Å². The molecule has 3 atom stereocenters. The molecule has 1 aliphatic heterocycles. The smallest absolute Gasteiger partial charge is 0.0317 e. The average molecular weight is 229 g/mol. The van der Waals surface area contributed by atoms with E-state index < -0.39 is 0 Å². The third-order valence-electron chi connectivity index (χ3n) is 2.60. The first-order valence-electron chi connectivity index (χ1n) is 5.13. The van der Waals surface area contributed by atoms with Gasteiger partial charge in [-0.2, -0.15) is 23.5 Å². The molecule has 0 aromatic rings. The molecule has 1 heterocycles. The fourth-order valence-electron chi connectivity index (χ4n) is 1.80. The summed E-state index contributed by atoms with van der Waals surface area (Å²) in [6.45, 7) is 2.34. The van der Waals surface area contributed by atoms with Crippen LogP contribution in [-0.2, 0) is 0 Å². The summed E-state index contributed by atoms with van der Waals surface area (Å²) in [7, 11) is 2.05. The Morgan fingerprint density at radius 2 is 2.21 bits per heavy atom. The second-order valence-corrected chi connectivity index (χ2v) is 6.32. The SMILES string of the molecule is C#CCCC(NC)C1SCCSC1C. The number of rotatable bonds is 4. The summed E-state index contributed by atoms with van der Waals surface area (Å²) < 4.78 is 0. The Balaban J connectivity index is 2.45. The van der Waals surface area contributed by atoms with Crippen molar-refractivity contribution in [3.8, 4) is 12.3 Å². The summed E-state index contributed by atoms with van der Waals surface area (Å²) in [6.07, 6.45) is 7.30. The Morgan fingerprint density at radius 1 is 1.50 bits per heavy atom. The van der Waals surface area contributed by atoms with Crippen molar-refractivity contribution in [1.29, 1.82) is 0 Å². The molecule has 0 saturated carbocycles. The molecule has 1 fully saturated rings. The molecule has 0 aliphatic carbocycles. The maximum atomic E-state index is 5.31. The molecular weight excluding hydrogens is 210 g/mol. The second kappa shape index (κ2) is 6.66. The van der Waals surface area contributed by atoms with E-state index in [-0.39, 0.29) is 0 Å². The zero-order valence-electron chi connectivity index (χ0n) is 8.95. The predicted molar refractivity (Wildman–Crippen MR) is 69.1 cm³/mol. The first kappa shape index (κ1) is 12.3.